The van der Waals surface area contributed by atoms with Crippen molar-refractivity contribution in [1.29, 1.82) is 0 Å². The third-order valence-corrected chi connectivity index (χ3v) is 3.76. The van der Waals surface area contributed by atoms with Crippen molar-refractivity contribution in [2.45, 2.75) is 13.3 Å². The van der Waals surface area contributed by atoms with Gasteiger partial charge in [0.25, 0.3) is 5.91 Å². The van der Waals surface area contributed by atoms with Crippen molar-refractivity contribution in [2.75, 3.05) is 23.3 Å². The van der Waals surface area contributed by atoms with Crippen molar-refractivity contribution >= 4 is 17.3 Å². The van der Waals surface area contributed by atoms with Gasteiger partial charge >= 0.3 is 0 Å². The van der Waals surface area contributed by atoms with Crippen molar-refractivity contribution in [3.63, 3.8) is 0 Å². The van der Waals surface area contributed by atoms with Crippen molar-refractivity contribution in [3.8, 4) is 5.75 Å². The minimum Gasteiger partial charge on any atom is -0.508 e. The number of benzene rings is 2. The predicted molar refractivity (Wildman–Crippen MR) is 84.1 cm³/mol. The van der Waals surface area contributed by atoms with Crippen LogP contribution in [-0.4, -0.2) is 24.1 Å². The van der Waals surface area contributed by atoms with Crippen LogP contribution in [0.2, 0.25) is 0 Å². The van der Waals surface area contributed by atoms with Gasteiger partial charge in [0, 0.05) is 18.7 Å². The summed E-state index contributed by atoms with van der Waals surface area (Å²) in [6.45, 7) is 3.34. The second kappa shape index (κ2) is 5.48. The number of anilines is 2. The van der Waals surface area contributed by atoms with E-state index in [1.807, 2.05) is 24.3 Å². The summed E-state index contributed by atoms with van der Waals surface area (Å²) in [7, 11) is 0. The lowest BCUT2D eigenvalue weighted by Gasteiger charge is -2.22. The SMILES string of the molecule is Cc1cc(C(=O)N2CCCNc3ccccc32)ccc1O. The molecule has 2 N–H and O–H groups in total. The summed E-state index contributed by atoms with van der Waals surface area (Å²) >= 11 is 0. The molecular weight excluding hydrogens is 264 g/mol. The van der Waals surface area contributed by atoms with Crippen LogP contribution in [0, 0.1) is 6.92 Å². The fraction of sp³-hybridized carbons (Fsp3) is 0.235. The molecule has 1 heterocycles. The molecular formula is C17H18N2O2. The maximum Gasteiger partial charge on any atom is 0.258 e. The smallest absolute Gasteiger partial charge is 0.258 e. The number of amides is 1. The largest absolute Gasteiger partial charge is 0.508 e. The molecule has 4 nitrogen and oxygen atoms in total. The van der Waals surface area contributed by atoms with Gasteiger partial charge in [-0.15, -0.1) is 0 Å². The Hall–Kier alpha value is -2.49. The molecule has 108 valence electrons. The summed E-state index contributed by atoms with van der Waals surface area (Å²) in [5.41, 5.74) is 3.20. The highest BCUT2D eigenvalue weighted by molar-refractivity contribution is 6.08. The molecule has 0 atom stereocenters. The number of nitrogens with zero attached hydrogens (tertiary/aromatic N) is 1. The Balaban J connectivity index is 1.99. The highest BCUT2D eigenvalue weighted by Crippen LogP contribution is 2.29. The van der Waals surface area contributed by atoms with Gasteiger partial charge in [0.1, 0.15) is 5.75 Å². The van der Waals surface area contributed by atoms with E-state index in [1.54, 1.807) is 30.0 Å². The normalized spacial score (nSPS) is 14.0. The molecule has 1 amide bonds. The number of para-hydroxylation sites is 2. The van der Waals surface area contributed by atoms with E-state index >= 15 is 0 Å². The molecule has 0 aliphatic carbocycles. The first-order valence-electron chi connectivity index (χ1n) is 7.11. The second-order valence-corrected chi connectivity index (χ2v) is 5.26. The topological polar surface area (TPSA) is 52.6 Å². The summed E-state index contributed by atoms with van der Waals surface area (Å²) in [5, 5.41) is 13.0. The van der Waals surface area contributed by atoms with Gasteiger partial charge in [-0.2, -0.15) is 0 Å². The average molecular weight is 282 g/mol. The highest BCUT2D eigenvalue weighted by Gasteiger charge is 2.22. The first-order valence-corrected chi connectivity index (χ1v) is 7.11. The molecule has 0 spiro atoms. The van der Waals surface area contributed by atoms with Crippen LogP contribution >= 0.6 is 0 Å². The zero-order chi connectivity index (χ0) is 14.8. The molecule has 0 unspecified atom stereocenters. The zero-order valence-corrected chi connectivity index (χ0v) is 12.0. The molecule has 0 saturated heterocycles. The summed E-state index contributed by atoms with van der Waals surface area (Å²) in [4.78, 5) is 14.6. The van der Waals surface area contributed by atoms with Gasteiger partial charge in [-0.3, -0.25) is 4.79 Å². The van der Waals surface area contributed by atoms with Crippen LogP contribution in [0.15, 0.2) is 42.5 Å². The standard InChI is InChI=1S/C17H18N2O2/c1-12-11-13(7-8-16(12)20)17(21)19-10-4-9-18-14-5-2-3-6-15(14)19/h2-3,5-8,11,18,20H,4,9-10H2,1H3. The van der Waals surface area contributed by atoms with Crippen molar-refractivity contribution in [3.05, 3.63) is 53.6 Å². The fourth-order valence-electron chi connectivity index (χ4n) is 2.59. The Bertz CT molecular complexity index is 682. The van der Waals surface area contributed by atoms with Crippen molar-refractivity contribution in [2.24, 2.45) is 0 Å². The number of aromatic hydroxyl groups is 1. The Morgan fingerprint density at radius 2 is 2.05 bits per heavy atom. The lowest BCUT2D eigenvalue weighted by atomic mass is 10.1. The van der Waals surface area contributed by atoms with E-state index in [1.165, 1.54) is 0 Å². The molecule has 0 aromatic heterocycles. The molecule has 1 aliphatic rings. The minimum absolute atomic E-state index is 0.0331. The summed E-state index contributed by atoms with van der Waals surface area (Å²) in [6, 6.07) is 12.8. The van der Waals surface area contributed by atoms with E-state index in [0.717, 1.165) is 24.3 Å². The average Bonchev–Trinajstić information content (AvgIpc) is 2.71. The third kappa shape index (κ3) is 2.57. The highest BCUT2D eigenvalue weighted by atomic mass is 16.3. The number of carbonyl (C=O) groups is 1. The lowest BCUT2D eigenvalue weighted by Crippen LogP contribution is -2.31. The van der Waals surface area contributed by atoms with Crippen molar-refractivity contribution < 1.29 is 9.90 Å². The van der Waals surface area contributed by atoms with E-state index in [4.69, 9.17) is 0 Å². The number of nitrogens with one attached hydrogen (secondary N) is 1. The predicted octanol–water partition coefficient (Wildman–Crippen LogP) is 3.16. The van der Waals surface area contributed by atoms with Crippen LogP contribution < -0.4 is 10.2 Å². The summed E-state index contributed by atoms with van der Waals surface area (Å²) < 4.78 is 0. The minimum atomic E-state index is -0.0331. The van der Waals surface area contributed by atoms with E-state index in [-0.39, 0.29) is 11.7 Å². The van der Waals surface area contributed by atoms with Crippen LogP contribution in [0.3, 0.4) is 0 Å². The van der Waals surface area contributed by atoms with E-state index in [2.05, 4.69) is 5.32 Å². The number of rotatable bonds is 1. The van der Waals surface area contributed by atoms with Crippen LogP contribution in [0.25, 0.3) is 0 Å². The van der Waals surface area contributed by atoms with E-state index in [9.17, 15) is 9.90 Å². The van der Waals surface area contributed by atoms with Gasteiger partial charge < -0.3 is 15.3 Å². The first-order chi connectivity index (χ1) is 10.2. The number of phenols is 1. The Labute approximate surface area is 124 Å². The van der Waals surface area contributed by atoms with E-state index < -0.39 is 0 Å². The maximum absolute atomic E-state index is 12.8. The van der Waals surface area contributed by atoms with Crippen molar-refractivity contribution in [1.82, 2.24) is 0 Å². The van der Waals surface area contributed by atoms with Gasteiger partial charge in [-0.05, 0) is 49.2 Å². The molecule has 0 saturated carbocycles. The molecule has 0 fully saturated rings. The molecule has 0 bridgehead atoms. The molecule has 21 heavy (non-hydrogen) atoms. The number of aryl methyl sites for hydroxylation is 1. The molecule has 4 heteroatoms. The first kappa shape index (κ1) is 13.5. The third-order valence-electron chi connectivity index (χ3n) is 3.76. The molecule has 1 aliphatic heterocycles. The zero-order valence-electron chi connectivity index (χ0n) is 12.0. The summed E-state index contributed by atoms with van der Waals surface area (Å²) in [5.74, 6) is 0.179. The number of phenolic OH excluding ortho intramolecular Hbond substituents is 1. The monoisotopic (exact) mass is 282 g/mol. The van der Waals surface area contributed by atoms with Crippen LogP contribution in [0.5, 0.6) is 5.75 Å². The number of carbonyl (C=O) groups excluding carboxylic acids is 1. The molecule has 0 radical (unpaired) electrons. The van der Waals surface area contributed by atoms with Crippen LogP contribution in [0.4, 0.5) is 11.4 Å². The van der Waals surface area contributed by atoms with Gasteiger partial charge in [0.2, 0.25) is 0 Å². The lowest BCUT2D eigenvalue weighted by molar-refractivity contribution is 0.0987. The van der Waals surface area contributed by atoms with Crippen LogP contribution in [0.1, 0.15) is 22.3 Å². The van der Waals surface area contributed by atoms with Gasteiger partial charge in [0.05, 0.1) is 11.4 Å². The van der Waals surface area contributed by atoms with Gasteiger partial charge in [0.15, 0.2) is 0 Å². The molecule has 2 aromatic rings. The Morgan fingerprint density at radius 1 is 1.24 bits per heavy atom. The molecule has 3 rings (SSSR count). The van der Waals surface area contributed by atoms with Gasteiger partial charge in [-0.25, -0.2) is 0 Å². The molecule has 2 aromatic carbocycles. The number of hydrogen-bond donors (Lipinski definition) is 2. The van der Waals surface area contributed by atoms with Gasteiger partial charge in [-0.1, -0.05) is 12.1 Å². The summed E-state index contributed by atoms with van der Waals surface area (Å²) in [6.07, 6.45) is 0.900. The number of fused-ring (bicyclic) bond motifs is 1. The second-order valence-electron chi connectivity index (χ2n) is 5.26. The fourth-order valence-corrected chi connectivity index (χ4v) is 2.59. The quantitative estimate of drug-likeness (QED) is 0.844. The Kier molecular flexibility index (Phi) is 3.52. The Morgan fingerprint density at radius 3 is 2.86 bits per heavy atom. The van der Waals surface area contributed by atoms with Crippen LogP contribution in [-0.2, 0) is 0 Å². The number of hydrogen-bond acceptors (Lipinski definition) is 3. The maximum atomic E-state index is 12.8. The van der Waals surface area contributed by atoms with E-state index in [0.29, 0.717) is 17.7 Å².